The van der Waals surface area contributed by atoms with Gasteiger partial charge in [-0.3, -0.25) is 10.1 Å². The Hall–Kier alpha value is -3.10. The molecule has 0 radical (unpaired) electrons. The van der Waals surface area contributed by atoms with Gasteiger partial charge in [-0.15, -0.1) is 0 Å². The summed E-state index contributed by atoms with van der Waals surface area (Å²) in [7, 11) is 3.08. The highest BCUT2D eigenvalue weighted by Crippen LogP contribution is 2.38. The smallest absolute Gasteiger partial charge is 0.353 e. The van der Waals surface area contributed by atoms with Crippen LogP contribution in [0.1, 0.15) is 19.8 Å². The fourth-order valence-corrected chi connectivity index (χ4v) is 3.12. The van der Waals surface area contributed by atoms with Gasteiger partial charge in [0.2, 0.25) is 11.6 Å². The van der Waals surface area contributed by atoms with Gasteiger partial charge in [0.05, 0.1) is 24.8 Å². The van der Waals surface area contributed by atoms with E-state index in [1.807, 2.05) is 4.90 Å². The molecule has 0 aliphatic carbocycles. The average molecular weight is 373 g/mol. The monoisotopic (exact) mass is 373 g/mol. The summed E-state index contributed by atoms with van der Waals surface area (Å²) in [6.07, 6.45) is 3.30. The van der Waals surface area contributed by atoms with Crippen molar-refractivity contribution in [3.05, 3.63) is 34.6 Å². The molecule has 1 aromatic carbocycles. The molecule has 1 fully saturated rings. The van der Waals surface area contributed by atoms with E-state index in [1.54, 1.807) is 25.3 Å². The molecule has 144 valence electrons. The Morgan fingerprint density at radius 2 is 1.96 bits per heavy atom. The van der Waals surface area contributed by atoms with Crippen molar-refractivity contribution in [2.24, 2.45) is 5.92 Å². The Morgan fingerprint density at radius 1 is 1.22 bits per heavy atom. The maximum absolute atomic E-state index is 11.8. The zero-order valence-corrected chi connectivity index (χ0v) is 15.6. The molecule has 0 amide bonds. The molecule has 0 saturated carbocycles. The van der Waals surface area contributed by atoms with E-state index in [1.165, 1.54) is 13.4 Å². The van der Waals surface area contributed by atoms with Crippen molar-refractivity contribution in [3.8, 4) is 11.5 Å². The molecule has 1 saturated heterocycles. The lowest BCUT2D eigenvalue weighted by atomic mass is 9.99. The minimum atomic E-state index is -0.442. The summed E-state index contributed by atoms with van der Waals surface area (Å²) in [5, 5.41) is 14.8. The second-order valence-corrected chi connectivity index (χ2v) is 6.51. The number of rotatable bonds is 6. The molecule has 0 unspecified atom stereocenters. The van der Waals surface area contributed by atoms with Crippen LogP contribution in [-0.4, -0.2) is 42.2 Å². The van der Waals surface area contributed by atoms with E-state index >= 15 is 0 Å². The second kappa shape index (κ2) is 8.07. The molecule has 27 heavy (non-hydrogen) atoms. The molecule has 0 bridgehead atoms. The summed E-state index contributed by atoms with van der Waals surface area (Å²) in [6, 6.07) is 5.17. The van der Waals surface area contributed by atoms with Gasteiger partial charge in [-0.25, -0.2) is 9.97 Å². The van der Waals surface area contributed by atoms with Crippen LogP contribution in [0.2, 0.25) is 0 Å². The number of nitrogens with one attached hydrogen (secondary N) is 1. The zero-order valence-electron chi connectivity index (χ0n) is 15.6. The van der Waals surface area contributed by atoms with Crippen molar-refractivity contribution < 1.29 is 14.4 Å². The van der Waals surface area contributed by atoms with Crippen LogP contribution in [0.4, 0.5) is 23.0 Å². The Balaban J connectivity index is 1.99. The number of methoxy groups -OCH3 is 2. The molecule has 3 rings (SSSR count). The lowest BCUT2D eigenvalue weighted by Crippen LogP contribution is -2.34. The number of piperidine rings is 1. The van der Waals surface area contributed by atoms with Crippen molar-refractivity contribution in [3.63, 3.8) is 0 Å². The summed E-state index contributed by atoms with van der Waals surface area (Å²) in [4.78, 5) is 21.6. The van der Waals surface area contributed by atoms with Crippen molar-refractivity contribution in [2.45, 2.75) is 19.8 Å². The molecule has 0 atom stereocenters. The van der Waals surface area contributed by atoms with Crippen LogP contribution in [0.5, 0.6) is 11.5 Å². The quantitative estimate of drug-likeness (QED) is 0.607. The molecule has 9 nitrogen and oxygen atoms in total. The van der Waals surface area contributed by atoms with E-state index < -0.39 is 4.92 Å². The standard InChI is InChI=1S/C18H23N5O4/c1-12-6-8-22(9-7-12)18-16(23(24)25)17(19-11-20-18)21-14-10-13(26-2)4-5-15(14)27-3/h4-5,10-12H,6-9H2,1-3H3,(H,19,20,21). The Kier molecular flexibility index (Phi) is 5.58. The predicted molar refractivity (Wildman–Crippen MR) is 102 cm³/mol. The lowest BCUT2D eigenvalue weighted by molar-refractivity contribution is -0.383. The van der Waals surface area contributed by atoms with Gasteiger partial charge in [-0.05, 0) is 30.9 Å². The van der Waals surface area contributed by atoms with Crippen molar-refractivity contribution in [1.82, 2.24) is 9.97 Å². The normalized spacial score (nSPS) is 14.7. The summed E-state index contributed by atoms with van der Waals surface area (Å²) in [5.74, 6) is 2.19. The highest BCUT2D eigenvalue weighted by Gasteiger charge is 2.29. The number of aromatic nitrogens is 2. The molecule has 0 spiro atoms. The van der Waals surface area contributed by atoms with Gasteiger partial charge in [0.15, 0.2) is 0 Å². The summed E-state index contributed by atoms with van der Waals surface area (Å²) in [6.45, 7) is 3.66. The molecule has 1 aliphatic rings. The minimum absolute atomic E-state index is 0.121. The van der Waals surface area contributed by atoms with E-state index in [4.69, 9.17) is 9.47 Å². The van der Waals surface area contributed by atoms with Crippen LogP contribution in [0.15, 0.2) is 24.5 Å². The maximum atomic E-state index is 11.8. The van der Waals surface area contributed by atoms with Gasteiger partial charge in [-0.2, -0.15) is 0 Å². The van der Waals surface area contributed by atoms with Gasteiger partial charge in [0.1, 0.15) is 17.8 Å². The molecule has 2 heterocycles. The third kappa shape index (κ3) is 4.02. The summed E-state index contributed by atoms with van der Waals surface area (Å²) >= 11 is 0. The first-order chi connectivity index (χ1) is 13.0. The summed E-state index contributed by atoms with van der Waals surface area (Å²) in [5.41, 5.74) is 0.383. The van der Waals surface area contributed by atoms with Crippen LogP contribution in [0.25, 0.3) is 0 Å². The van der Waals surface area contributed by atoms with Crippen LogP contribution >= 0.6 is 0 Å². The highest BCUT2D eigenvalue weighted by molar-refractivity contribution is 5.77. The van der Waals surface area contributed by atoms with Crippen LogP contribution in [0.3, 0.4) is 0 Å². The number of hydrogen-bond acceptors (Lipinski definition) is 8. The van der Waals surface area contributed by atoms with Crippen molar-refractivity contribution in [2.75, 3.05) is 37.5 Å². The Bertz CT molecular complexity index is 821. The van der Waals surface area contributed by atoms with Gasteiger partial charge >= 0.3 is 5.69 Å². The second-order valence-electron chi connectivity index (χ2n) is 6.51. The number of ether oxygens (including phenoxy) is 2. The molecule has 9 heteroatoms. The Labute approximate surface area is 157 Å². The molecular formula is C18H23N5O4. The number of hydrogen-bond donors (Lipinski definition) is 1. The van der Waals surface area contributed by atoms with E-state index in [0.29, 0.717) is 28.9 Å². The first-order valence-corrected chi connectivity index (χ1v) is 8.77. The number of nitrogens with zero attached hydrogens (tertiary/aromatic N) is 4. The maximum Gasteiger partial charge on any atom is 0.353 e. The topological polar surface area (TPSA) is 103 Å². The average Bonchev–Trinajstić information content (AvgIpc) is 2.68. The first kappa shape index (κ1) is 18.7. The molecule has 2 aromatic rings. The number of benzene rings is 1. The lowest BCUT2D eigenvalue weighted by Gasteiger charge is -2.30. The number of nitro groups is 1. The zero-order chi connectivity index (χ0) is 19.4. The third-order valence-electron chi connectivity index (χ3n) is 4.73. The van der Waals surface area contributed by atoms with E-state index in [2.05, 4.69) is 22.2 Å². The summed E-state index contributed by atoms with van der Waals surface area (Å²) < 4.78 is 10.6. The minimum Gasteiger partial charge on any atom is -0.497 e. The number of anilines is 3. The molecule has 1 aliphatic heterocycles. The highest BCUT2D eigenvalue weighted by atomic mass is 16.6. The van der Waals surface area contributed by atoms with E-state index in [9.17, 15) is 10.1 Å². The molecular weight excluding hydrogens is 350 g/mol. The van der Waals surface area contributed by atoms with Crippen molar-refractivity contribution in [1.29, 1.82) is 0 Å². The van der Waals surface area contributed by atoms with Crippen LogP contribution in [-0.2, 0) is 0 Å². The van der Waals surface area contributed by atoms with Gasteiger partial charge in [0.25, 0.3) is 0 Å². The fourth-order valence-electron chi connectivity index (χ4n) is 3.12. The molecule has 1 aromatic heterocycles. The first-order valence-electron chi connectivity index (χ1n) is 8.77. The third-order valence-corrected chi connectivity index (χ3v) is 4.73. The van der Waals surface area contributed by atoms with Gasteiger partial charge in [0, 0.05) is 19.2 Å². The molecule has 1 N–H and O–H groups in total. The largest absolute Gasteiger partial charge is 0.497 e. The van der Waals surface area contributed by atoms with E-state index in [-0.39, 0.29) is 11.5 Å². The van der Waals surface area contributed by atoms with Crippen LogP contribution in [0, 0.1) is 16.0 Å². The fraction of sp³-hybridized carbons (Fsp3) is 0.444. The Morgan fingerprint density at radius 3 is 2.59 bits per heavy atom. The van der Waals surface area contributed by atoms with Gasteiger partial charge < -0.3 is 19.7 Å². The predicted octanol–water partition coefficient (Wildman–Crippen LogP) is 3.38. The van der Waals surface area contributed by atoms with Crippen LogP contribution < -0.4 is 19.7 Å². The van der Waals surface area contributed by atoms with Crippen molar-refractivity contribution >= 4 is 23.0 Å². The van der Waals surface area contributed by atoms with E-state index in [0.717, 1.165) is 25.9 Å². The van der Waals surface area contributed by atoms with Gasteiger partial charge in [-0.1, -0.05) is 6.92 Å². The SMILES string of the molecule is COc1ccc(OC)c(Nc2ncnc(N3CCC(C)CC3)c2[N+](=O)[O-])c1.